The van der Waals surface area contributed by atoms with Crippen LogP contribution < -0.4 is 16.4 Å². The van der Waals surface area contributed by atoms with Crippen molar-refractivity contribution in [1.82, 2.24) is 10.2 Å². The van der Waals surface area contributed by atoms with Crippen LogP contribution in [0.1, 0.15) is 59.2 Å². The number of anilines is 1. The van der Waals surface area contributed by atoms with Crippen LogP contribution in [0.3, 0.4) is 0 Å². The summed E-state index contributed by atoms with van der Waals surface area (Å²) in [5, 5.41) is 5.48. The molecule has 1 saturated heterocycles. The van der Waals surface area contributed by atoms with Gasteiger partial charge in [-0.15, -0.1) is 0 Å². The number of aldehydes is 1. The summed E-state index contributed by atoms with van der Waals surface area (Å²) < 4.78 is 0. The summed E-state index contributed by atoms with van der Waals surface area (Å²) in [6.45, 7) is 1.34. The molecule has 8 nitrogen and oxygen atoms in total. The lowest BCUT2D eigenvalue weighted by atomic mass is 10.0. The first-order valence-corrected chi connectivity index (χ1v) is 9.62. The molecule has 0 aromatic heterocycles. The van der Waals surface area contributed by atoms with Gasteiger partial charge < -0.3 is 16.0 Å². The molecule has 3 amide bonds. The van der Waals surface area contributed by atoms with Crippen LogP contribution in [-0.2, 0) is 9.59 Å². The molecule has 1 atom stereocenters. The first-order valence-electron chi connectivity index (χ1n) is 9.62. The molecule has 1 aliphatic heterocycles. The second-order valence-electron chi connectivity index (χ2n) is 6.90. The van der Waals surface area contributed by atoms with Crippen LogP contribution in [0.5, 0.6) is 0 Å². The second-order valence-corrected chi connectivity index (χ2v) is 6.90. The first kappa shape index (κ1) is 21.6. The van der Waals surface area contributed by atoms with E-state index in [1.807, 2.05) is 0 Å². The molecule has 0 aliphatic carbocycles. The number of imide groups is 1. The van der Waals surface area contributed by atoms with Gasteiger partial charge in [0, 0.05) is 31.3 Å². The fraction of sp³-hybridized carbons (Fsp3) is 0.500. The summed E-state index contributed by atoms with van der Waals surface area (Å²) in [6.07, 6.45) is 5.06. The van der Waals surface area contributed by atoms with Crippen molar-refractivity contribution < 1.29 is 19.2 Å². The van der Waals surface area contributed by atoms with Crippen molar-refractivity contribution in [3.05, 3.63) is 29.3 Å². The van der Waals surface area contributed by atoms with Gasteiger partial charge in [0.2, 0.25) is 11.8 Å². The number of likely N-dealkylation sites (N-methyl/N-ethyl adjacent to an activating group) is 1. The van der Waals surface area contributed by atoms with Crippen molar-refractivity contribution in [2.24, 2.45) is 5.73 Å². The van der Waals surface area contributed by atoms with Gasteiger partial charge in [-0.3, -0.25) is 24.5 Å². The summed E-state index contributed by atoms with van der Waals surface area (Å²) >= 11 is 0. The number of benzene rings is 1. The maximum Gasteiger partial charge on any atom is 0.257 e. The van der Waals surface area contributed by atoms with Crippen LogP contribution in [0.4, 0.5) is 5.69 Å². The number of hydrogen-bond donors (Lipinski definition) is 3. The van der Waals surface area contributed by atoms with E-state index in [1.54, 1.807) is 18.2 Å². The zero-order valence-electron chi connectivity index (χ0n) is 16.2. The SMILES string of the molecule is CN(C(=O)c1c(C=O)cccc1NCCCCCCN)C1CCC(=O)NC1=O. The Labute approximate surface area is 164 Å². The molecule has 0 spiro atoms. The van der Waals surface area contributed by atoms with Crippen molar-refractivity contribution in [2.45, 2.75) is 44.6 Å². The molecule has 152 valence electrons. The topological polar surface area (TPSA) is 122 Å². The molecule has 0 radical (unpaired) electrons. The van der Waals surface area contributed by atoms with Crippen molar-refractivity contribution in [3.8, 4) is 0 Å². The minimum atomic E-state index is -0.742. The van der Waals surface area contributed by atoms with Crippen LogP contribution in [0, 0.1) is 0 Å². The zero-order valence-corrected chi connectivity index (χ0v) is 16.2. The molecule has 0 saturated carbocycles. The van der Waals surface area contributed by atoms with E-state index in [0.717, 1.165) is 25.7 Å². The molecular weight excluding hydrogens is 360 g/mol. The highest BCUT2D eigenvalue weighted by atomic mass is 16.2. The van der Waals surface area contributed by atoms with Crippen LogP contribution in [0.2, 0.25) is 0 Å². The number of carbonyl (C=O) groups excluding carboxylic acids is 4. The lowest BCUT2D eigenvalue weighted by Crippen LogP contribution is -2.53. The van der Waals surface area contributed by atoms with E-state index in [-0.39, 0.29) is 29.9 Å². The van der Waals surface area contributed by atoms with Gasteiger partial charge in [-0.2, -0.15) is 0 Å². The lowest BCUT2D eigenvalue weighted by molar-refractivity contribution is -0.136. The fourth-order valence-electron chi connectivity index (χ4n) is 3.27. The Balaban J connectivity index is 2.13. The van der Waals surface area contributed by atoms with Crippen molar-refractivity contribution in [3.63, 3.8) is 0 Å². The average Bonchev–Trinajstić information content (AvgIpc) is 2.69. The summed E-state index contributed by atoms with van der Waals surface area (Å²) in [5.74, 6) is -1.26. The molecule has 1 aliphatic rings. The Morgan fingerprint density at radius 2 is 2.04 bits per heavy atom. The number of nitrogens with two attached hydrogens (primary N) is 1. The van der Waals surface area contributed by atoms with Crippen molar-refractivity contribution in [1.29, 1.82) is 0 Å². The Bertz CT molecular complexity index is 735. The summed E-state index contributed by atoms with van der Waals surface area (Å²) in [5.41, 5.74) is 6.55. The van der Waals surface area contributed by atoms with Gasteiger partial charge in [-0.1, -0.05) is 25.0 Å². The normalized spacial score (nSPS) is 16.4. The minimum Gasteiger partial charge on any atom is -0.384 e. The fourth-order valence-corrected chi connectivity index (χ4v) is 3.27. The highest BCUT2D eigenvalue weighted by Gasteiger charge is 2.33. The Morgan fingerprint density at radius 1 is 1.29 bits per heavy atom. The molecule has 1 heterocycles. The summed E-state index contributed by atoms with van der Waals surface area (Å²) in [6, 6.07) is 4.29. The van der Waals surface area contributed by atoms with Crippen LogP contribution >= 0.6 is 0 Å². The number of nitrogens with one attached hydrogen (secondary N) is 2. The molecule has 0 bridgehead atoms. The molecule has 1 aromatic carbocycles. The predicted octanol–water partition coefficient (Wildman–Crippen LogP) is 1.31. The van der Waals surface area contributed by atoms with Gasteiger partial charge in [0.15, 0.2) is 6.29 Å². The Kier molecular flexibility index (Phi) is 8.13. The largest absolute Gasteiger partial charge is 0.384 e. The maximum absolute atomic E-state index is 13.1. The zero-order chi connectivity index (χ0) is 20.5. The standard InChI is InChI=1S/C20H28N4O4/c1-24(16-9-10-17(26)23-19(16)27)20(28)18-14(13-25)7-6-8-15(18)22-12-5-3-2-4-11-21/h6-8,13,16,22H,2-5,9-12,21H2,1H3,(H,23,26,27). The highest BCUT2D eigenvalue weighted by Crippen LogP contribution is 2.23. The van der Waals surface area contributed by atoms with E-state index < -0.39 is 17.9 Å². The monoisotopic (exact) mass is 388 g/mol. The minimum absolute atomic E-state index is 0.178. The molecule has 28 heavy (non-hydrogen) atoms. The lowest BCUT2D eigenvalue weighted by Gasteiger charge is -2.30. The van der Waals surface area contributed by atoms with Crippen LogP contribution in [0.15, 0.2) is 18.2 Å². The Morgan fingerprint density at radius 3 is 2.71 bits per heavy atom. The highest BCUT2D eigenvalue weighted by molar-refractivity contribution is 6.08. The number of rotatable bonds is 10. The van der Waals surface area contributed by atoms with E-state index >= 15 is 0 Å². The second kappa shape index (κ2) is 10.6. The van der Waals surface area contributed by atoms with E-state index in [1.165, 1.54) is 11.9 Å². The van der Waals surface area contributed by atoms with Gasteiger partial charge in [-0.05, 0) is 31.9 Å². The number of piperidine rings is 1. The maximum atomic E-state index is 13.1. The molecule has 1 aromatic rings. The van der Waals surface area contributed by atoms with E-state index in [9.17, 15) is 19.2 Å². The van der Waals surface area contributed by atoms with Gasteiger partial charge in [0.05, 0.1) is 5.56 Å². The van der Waals surface area contributed by atoms with Crippen LogP contribution in [0.25, 0.3) is 0 Å². The average molecular weight is 388 g/mol. The number of carbonyl (C=O) groups is 4. The number of nitrogens with zero attached hydrogens (tertiary/aromatic N) is 1. The molecule has 4 N–H and O–H groups in total. The quantitative estimate of drug-likeness (QED) is 0.316. The summed E-state index contributed by atoms with van der Waals surface area (Å²) in [4.78, 5) is 49.3. The van der Waals surface area contributed by atoms with Crippen molar-refractivity contribution in [2.75, 3.05) is 25.5 Å². The van der Waals surface area contributed by atoms with Gasteiger partial charge in [0.25, 0.3) is 5.91 Å². The molecule has 1 fully saturated rings. The third-order valence-electron chi connectivity index (χ3n) is 4.88. The van der Waals surface area contributed by atoms with Gasteiger partial charge >= 0.3 is 0 Å². The van der Waals surface area contributed by atoms with Gasteiger partial charge in [-0.25, -0.2) is 0 Å². The van der Waals surface area contributed by atoms with Gasteiger partial charge in [0.1, 0.15) is 6.04 Å². The third-order valence-corrected chi connectivity index (χ3v) is 4.88. The molecule has 2 rings (SSSR count). The smallest absolute Gasteiger partial charge is 0.257 e. The third kappa shape index (κ3) is 5.39. The number of unbranched alkanes of at least 4 members (excludes halogenated alkanes) is 3. The van der Waals surface area contributed by atoms with E-state index in [2.05, 4.69) is 10.6 Å². The first-order chi connectivity index (χ1) is 13.5. The number of amides is 3. The molecule has 1 unspecified atom stereocenters. The predicted molar refractivity (Wildman–Crippen MR) is 106 cm³/mol. The van der Waals surface area contributed by atoms with E-state index in [4.69, 9.17) is 5.73 Å². The van der Waals surface area contributed by atoms with Crippen molar-refractivity contribution >= 4 is 29.7 Å². The Hall–Kier alpha value is -2.74. The molecule has 8 heteroatoms. The molecular formula is C20H28N4O4. The number of hydrogen-bond acceptors (Lipinski definition) is 6. The van der Waals surface area contributed by atoms with Crippen LogP contribution in [-0.4, -0.2) is 55.1 Å². The van der Waals surface area contributed by atoms with E-state index in [0.29, 0.717) is 25.1 Å². The summed E-state index contributed by atoms with van der Waals surface area (Å²) in [7, 11) is 1.51.